The van der Waals surface area contributed by atoms with Crippen molar-refractivity contribution >= 4 is 11.9 Å². The second kappa shape index (κ2) is 7.60. The molecule has 4 aromatic rings. The lowest BCUT2D eigenvalue weighted by molar-refractivity contribution is 0.101. The number of allylic oxidation sites excluding steroid dienone is 1. The van der Waals surface area contributed by atoms with Gasteiger partial charge in [0.2, 0.25) is 5.78 Å². The minimum atomic E-state index is -0.434. The van der Waals surface area contributed by atoms with Gasteiger partial charge in [-0.3, -0.25) is 4.79 Å². The highest BCUT2D eigenvalue weighted by atomic mass is 16.3. The van der Waals surface area contributed by atoms with Crippen molar-refractivity contribution in [3.63, 3.8) is 0 Å². The molecule has 0 fully saturated rings. The van der Waals surface area contributed by atoms with Crippen LogP contribution in [0.15, 0.2) is 95.2 Å². The first-order valence-corrected chi connectivity index (χ1v) is 8.66. The lowest BCUT2D eigenvalue weighted by Gasteiger charge is -2.03. The number of carbonyl (C=O) groups excluding carboxylic acids is 1. The van der Waals surface area contributed by atoms with Crippen LogP contribution in [-0.2, 0) is 0 Å². The summed E-state index contributed by atoms with van der Waals surface area (Å²) >= 11 is 0. The zero-order valence-electron chi connectivity index (χ0n) is 14.8. The third-order valence-corrected chi connectivity index (χ3v) is 4.24. The Morgan fingerprint density at radius 3 is 2.46 bits per heavy atom. The maximum absolute atomic E-state index is 12.3. The van der Waals surface area contributed by atoms with Crippen LogP contribution < -0.4 is 0 Å². The van der Waals surface area contributed by atoms with Gasteiger partial charge in [-0.1, -0.05) is 42.5 Å². The molecule has 2 heterocycles. The van der Waals surface area contributed by atoms with E-state index in [-0.39, 0.29) is 11.3 Å². The molecule has 0 radical (unpaired) electrons. The van der Waals surface area contributed by atoms with Gasteiger partial charge >= 0.3 is 0 Å². The summed E-state index contributed by atoms with van der Waals surface area (Å²) < 4.78 is 6.87. The Morgan fingerprint density at radius 2 is 1.79 bits per heavy atom. The van der Waals surface area contributed by atoms with Gasteiger partial charge in [0.05, 0.1) is 17.6 Å². The Labute approximate surface area is 161 Å². The first-order chi connectivity index (χ1) is 13.7. The fourth-order valence-electron chi connectivity index (χ4n) is 2.81. The summed E-state index contributed by atoms with van der Waals surface area (Å²) in [6.07, 6.45) is 4.85. The van der Waals surface area contributed by atoms with Crippen molar-refractivity contribution in [1.29, 1.82) is 5.26 Å². The minimum Gasteiger partial charge on any atom is -0.461 e. The largest absolute Gasteiger partial charge is 0.461 e. The third-order valence-electron chi connectivity index (χ3n) is 4.24. The number of furan rings is 1. The molecule has 0 N–H and O–H groups in total. The lowest BCUT2D eigenvalue weighted by Crippen LogP contribution is -2.00. The van der Waals surface area contributed by atoms with Crippen molar-refractivity contribution in [2.75, 3.05) is 0 Å². The van der Waals surface area contributed by atoms with Crippen molar-refractivity contribution in [3.05, 3.63) is 102 Å². The SMILES string of the molecule is N#C/C(=C\c1ccc(-n2ccc(-c3ccccc3)n2)cc1)C(=O)c1ccco1. The maximum atomic E-state index is 12.3. The molecule has 28 heavy (non-hydrogen) atoms. The summed E-state index contributed by atoms with van der Waals surface area (Å²) in [6, 6.07) is 24.5. The number of aromatic nitrogens is 2. The van der Waals surface area contributed by atoms with Crippen LogP contribution in [0.5, 0.6) is 0 Å². The van der Waals surface area contributed by atoms with E-state index >= 15 is 0 Å². The fourth-order valence-corrected chi connectivity index (χ4v) is 2.81. The average molecular weight is 365 g/mol. The molecule has 0 aliphatic heterocycles. The van der Waals surface area contributed by atoms with Gasteiger partial charge in [-0.2, -0.15) is 10.4 Å². The molecular weight excluding hydrogens is 350 g/mol. The van der Waals surface area contributed by atoms with Gasteiger partial charge in [0, 0.05) is 11.8 Å². The van der Waals surface area contributed by atoms with Crippen molar-refractivity contribution in [2.45, 2.75) is 0 Å². The zero-order valence-corrected chi connectivity index (χ0v) is 14.8. The quantitative estimate of drug-likeness (QED) is 0.286. The number of nitrogens with zero attached hydrogens (tertiary/aromatic N) is 3. The van der Waals surface area contributed by atoms with E-state index in [4.69, 9.17) is 4.42 Å². The van der Waals surface area contributed by atoms with E-state index in [0.717, 1.165) is 22.5 Å². The van der Waals surface area contributed by atoms with Crippen LogP contribution in [0.2, 0.25) is 0 Å². The van der Waals surface area contributed by atoms with Crippen LogP contribution in [0.25, 0.3) is 23.0 Å². The number of rotatable bonds is 5. The number of nitriles is 1. The van der Waals surface area contributed by atoms with E-state index in [1.54, 1.807) is 22.9 Å². The van der Waals surface area contributed by atoms with Crippen LogP contribution in [0.3, 0.4) is 0 Å². The molecule has 0 saturated heterocycles. The predicted octanol–water partition coefficient (Wildman–Crippen LogP) is 4.92. The first-order valence-electron chi connectivity index (χ1n) is 8.66. The molecule has 2 aromatic heterocycles. The molecule has 0 spiro atoms. The van der Waals surface area contributed by atoms with Gasteiger partial charge in [-0.05, 0) is 42.0 Å². The molecular formula is C23H15N3O2. The second-order valence-corrected chi connectivity index (χ2v) is 6.08. The number of carbonyl (C=O) groups is 1. The van der Waals surface area contributed by atoms with Crippen molar-refractivity contribution in [3.8, 4) is 23.0 Å². The molecule has 4 rings (SSSR count). The molecule has 0 amide bonds. The summed E-state index contributed by atoms with van der Waals surface area (Å²) in [4.78, 5) is 12.3. The molecule has 0 bridgehead atoms. The zero-order chi connectivity index (χ0) is 19.3. The molecule has 0 aliphatic carbocycles. The predicted molar refractivity (Wildman–Crippen MR) is 106 cm³/mol. The Balaban J connectivity index is 1.57. The molecule has 0 atom stereocenters. The van der Waals surface area contributed by atoms with E-state index in [1.807, 2.05) is 72.9 Å². The van der Waals surface area contributed by atoms with E-state index in [2.05, 4.69) is 5.10 Å². The highest BCUT2D eigenvalue weighted by Gasteiger charge is 2.14. The standard InChI is InChI=1S/C23H15N3O2/c24-16-19(23(27)22-7-4-14-28-22)15-17-8-10-20(11-9-17)26-13-12-21(25-26)18-5-2-1-3-6-18/h1-15H/b19-15+. The molecule has 5 nitrogen and oxygen atoms in total. The van der Waals surface area contributed by atoms with Gasteiger partial charge in [0.15, 0.2) is 5.76 Å². The molecule has 0 saturated carbocycles. The summed E-state index contributed by atoms with van der Waals surface area (Å²) in [5.74, 6) is -0.287. The summed E-state index contributed by atoms with van der Waals surface area (Å²) in [5.41, 5.74) is 3.59. The molecule has 5 heteroatoms. The van der Waals surface area contributed by atoms with Gasteiger partial charge in [0.25, 0.3) is 0 Å². The van der Waals surface area contributed by atoms with Gasteiger partial charge < -0.3 is 4.42 Å². The van der Waals surface area contributed by atoms with Crippen molar-refractivity contribution < 1.29 is 9.21 Å². The van der Waals surface area contributed by atoms with Crippen LogP contribution in [0.1, 0.15) is 16.1 Å². The monoisotopic (exact) mass is 365 g/mol. The average Bonchev–Trinajstić information content (AvgIpc) is 3.45. The van der Waals surface area contributed by atoms with Gasteiger partial charge in [-0.15, -0.1) is 0 Å². The second-order valence-electron chi connectivity index (χ2n) is 6.08. The number of ketones is 1. The number of benzene rings is 2. The van der Waals surface area contributed by atoms with Crippen LogP contribution in [0, 0.1) is 11.3 Å². The molecule has 0 unspecified atom stereocenters. The number of hydrogen-bond acceptors (Lipinski definition) is 4. The summed E-state index contributed by atoms with van der Waals surface area (Å²) in [5, 5.41) is 13.9. The highest BCUT2D eigenvalue weighted by Crippen LogP contribution is 2.19. The molecule has 2 aromatic carbocycles. The lowest BCUT2D eigenvalue weighted by atomic mass is 10.1. The fraction of sp³-hybridized carbons (Fsp3) is 0. The molecule has 0 aliphatic rings. The van der Waals surface area contributed by atoms with E-state index in [0.29, 0.717) is 0 Å². The highest BCUT2D eigenvalue weighted by molar-refractivity contribution is 6.12. The Kier molecular flexibility index (Phi) is 4.68. The van der Waals surface area contributed by atoms with Gasteiger partial charge in [0.1, 0.15) is 11.6 Å². The topological polar surface area (TPSA) is 71.8 Å². The Hall–Kier alpha value is -4.17. The third kappa shape index (κ3) is 3.53. The van der Waals surface area contributed by atoms with Crippen LogP contribution in [0.4, 0.5) is 0 Å². The van der Waals surface area contributed by atoms with E-state index in [9.17, 15) is 10.1 Å². The summed E-state index contributed by atoms with van der Waals surface area (Å²) in [6.45, 7) is 0. The molecule has 134 valence electrons. The first kappa shape index (κ1) is 17.3. The number of Topliss-reactive ketones (excluding diaryl/α,β-unsaturated/α-hetero) is 1. The Morgan fingerprint density at radius 1 is 1.00 bits per heavy atom. The smallest absolute Gasteiger partial charge is 0.238 e. The van der Waals surface area contributed by atoms with E-state index in [1.165, 1.54) is 6.26 Å². The van der Waals surface area contributed by atoms with Crippen LogP contribution in [-0.4, -0.2) is 15.6 Å². The summed E-state index contributed by atoms with van der Waals surface area (Å²) in [7, 11) is 0. The Bertz CT molecular complexity index is 1160. The number of hydrogen-bond donors (Lipinski definition) is 0. The van der Waals surface area contributed by atoms with E-state index < -0.39 is 5.78 Å². The minimum absolute atomic E-state index is 0.0214. The maximum Gasteiger partial charge on any atom is 0.238 e. The van der Waals surface area contributed by atoms with Crippen molar-refractivity contribution in [1.82, 2.24) is 9.78 Å². The normalized spacial score (nSPS) is 11.2. The van der Waals surface area contributed by atoms with Crippen LogP contribution >= 0.6 is 0 Å². The van der Waals surface area contributed by atoms with Crippen molar-refractivity contribution in [2.24, 2.45) is 0 Å². The van der Waals surface area contributed by atoms with Gasteiger partial charge in [-0.25, -0.2) is 4.68 Å².